The van der Waals surface area contributed by atoms with Gasteiger partial charge in [-0.2, -0.15) is 0 Å². The van der Waals surface area contributed by atoms with Gasteiger partial charge < -0.3 is 0 Å². The Hall–Kier alpha value is -2.25. The number of nitro benzene ring substituents is 1. The molecule has 0 aromatic heterocycles. The zero-order valence-corrected chi connectivity index (χ0v) is 13.3. The number of hydrogen-bond donors (Lipinski definition) is 1. The lowest BCUT2D eigenvalue weighted by Gasteiger charge is -2.07. The summed E-state index contributed by atoms with van der Waals surface area (Å²) in [5.74, 6) is 0. The molecule has 0 amide bonds. The summed E-state index contributed by atoms with van der Waals surface area (Å²) in [7, 11) is -3.87. The van der Waals surface area contributed by atoms with E-state index in [0.717, 1.165) is 12.8 Å². The number of nitrogens with one attached hydrogen (secondary N) is 1. The Labute approximate surface area is 135 Å². The summed E-state index contributed by atoms with van der Waals surface area (Å²) in [5, 5.41) is 10.9. The molecule has 0 unspecified atom stereocenters. The van der Waals surface area contributed by atoms with Gasteiger partial charge in [-0.1, -0.05) is 42.5 Å². The van der Waals surface area contributed by atoms with Crippen molar-refractivity contribution in [2.24, 2.45) is 0 Å². The van der Waals surface area contributed by atoms with Crippen LogP contribution in [0.2, 0.25) is 0 Å². The van der Waals surface area contributed by atoms with E-state index in [1.807, 2.05) is 30.3 Å². The summed E-state index contributed by atoms with van der Waals surface area (Å²) in [6.07, 6.45) is 2.37. The van der Waals surface area contributed by atoms with Crippen LogP contribution in [0, 0.1) is 10.1 Å². The smallest absolute Gasteiger partial charge is 0.258 e. The van der Waals surface area contributed by atoms with Gasteiger partial charge in [0.25, 0.3) is 5.69 Å². The Bertz CT molecular complexity index is 761. The third-order valence-electron chi connectivity index (χ3n) is 3.38. The van der Waals surface area contributed by atoms with Crippen molar-refractivity contribution >= 4 is 15.7 Å². The second kappa shape index (κ2) is 7.85. The quantitative estimate of drug-likeness (QED) is 0.456. The molecule has 7 heteroatoms. The molecule has 0 saturated heterocycles. The van der Waals surface area contributed by atoms with Crippen LogP contribution in [0.3, 0.4) is 0 Å². The van der Waals surface area contributed by atoms with E-state index in [4.69, 9.17) is 0 Å². The zero-order chi connectivity index (χ0) is 16.7. The third kappa shape index (κ3) is 4.87. The Morgan fingerprint density at radius 2 is 1.61 bits per heavy atom. The molecule has 1 N–H and O–H groups in total. The summed E-state index contributed by atoms with van der Waals surface area (Å²) in [5.41, 5.74) is 0.790. The van der Waals surface area contributed by atoms with Crippen LogP contribution in [0.4, 0.5) is 5.69 Å². The molecule has 122 valence electrons. The lowest BCUT2D eigenvalue weighted by Crippen LogP contribution is -2.25. The second-order valence-corrected chi connectivity index (χ2v) is 6.80. The average Bonchev–Trinajstić information content (AvgIpc) is 2.55. The van der Waals surface area contributed by atoms with Crippen molar-refractivity contribution in [3.8, 4) is 0 Å². The van der Waals surface area contributed by atoms with Crippen LogP contribution in [0.1, 0.15) is 18.4 Å². The van der Waals surface area contributed by atoms with E-state index in [9.17, 15) is 18.5 Å². The predicted molar refractivity (Wildman–Crippen MR) is 87.7 cm³/mol. The minimum Gasteiger partial charge on any atom is -0.258 e. The van der Waals surface area contributed by atoms with Gasteiger partial charge in [0.15, 0.2) is 4.90 Å². The summed E-state index contributed by atoms with van der Waals surface area (Å²) >= 11 is 0. The largest absolute Gasteiger partial charge is 0.289 e. The van der Waals surface area contributed by atoms with E-state index in [0.29, 0.717) is 6.42 Å². The lowest BCUT2D eigenvalue weighted by atomic mass is 10.1. The van der Waals surface area contributed by atoms with Gasteiger partial charge in [0.1, 0.15) is 0 Å². The predicted octanol–water partition coefficient (Wildman–Crippen LogP) is 2.90. The van der Waals surface area contributed by atoms with Gasteiger partial charge in [-0.05, 0) is 30.9 Å². The van der Waals surface area contributed by atoms with Gasteiger partial charge in [0, 0.05) is 12.6 Å². The van der Waals surface area contributed by atoms with Crippen molar-refractivity contribution in [2.45, 2.75) is 24.2 Å². The van der Waals surface area contributed by atoms with Crippen LogP contribution in [0.25, 0.3) is 0 Å². The molecule has 0 radical (unpaired) electrons. The summed E-state index contributed by atoms with van der Waals surface area (Å²) in [6.45, 7) is 0.251. The molecule has 6 nitrogen and oxygen atoms in total. The molecule has 0 fully saturated rings. The molecule has 0 heterocycles. The number of hydrogen-bond acceptors (Lipinski definition) is 4. The summed E-state index contributed by atoms with van der Waals surface area (Å²) < 4.78 is 26.8. The fourth-order valence-corrected chi connectivity index (χ4v) is 3.46. The highest BCUT2D eigenvalue weighted by Gasteiger charge is 2.24. The van der Waals surface area contributed by atoms with Crippen molar-refractivity contribution < 1.29 is 13.3 Å². The number of para-hydroxylation sites is 1. The standard InChI is InChI=1S/C16H18N2O4S/c19-18(20)15-11-4-5-12-16(15)23(21,22)17-13-7-6-10-14-8-2-1-3-9-14/h1-5,8-9,11-12,17H,6-7,10,13H2. The summed E-state index contributed by atoms with van der Waals surface area (Å²) in [6, 6.07) is 15.3. The highest BCUT2D eigenvalue weighted by Crippen LogP contribution is 2.22. The van der Waals surface area contributed by atoms with E-state index in [-0.39, 0.29) is 11.4 Å². The number of rotatable bonds is 8. The van der Waals surface area contributed by atoms with E-state index in [1.165, 1.54) is 29.8 Å². The average molecular weight is 334 g/mol. The molecule has 2 aromatic carbocycles. The van der Waals surface area contributed by atoms with Crippen LogP contribution >= 0.6 is 0 Å². The van der Waals surface area contributed by atoms with Crippen molar-refractivity contribution in [3.05, 3.63) is 70.3 Å². The maximum atomic E-state index is 12.2. The Kier molecular flexibility index (Phi) is 5.84. The van der Waals surface area contributed by atoms with Crippen LogP contribution < -0.4 is 4.72 Å². The van der Waals surface area contributed by atoms with Gasteiger partial charge >= 0.3 is 0 Å². The van der Waals surface area contributed by atoms with Gasteiger partial charge in [-0.25, -0.2) is 13.1 Å². The fourth-order valence-electron chi connectivity index (χ4n) is 2.22. The van der Waals surface area contributed by atoms with Gasteiger partial charge in [-0.15, -0.1) is 0 Å². The lowest BCUT2D eigenvalue weighted by molar-refractivity contribution is -0.387. The molecule has 0 aliphatic heterocycles. The number of unbranched alkanes of at least 4 members (excludes halogenated alkanes) is 1. The molecule has 0 saturated carbocycles. The van der Waals surface area contributed by atoms with Crippen LogP contribution in [-0.2, 0) is 16.4 Å². The molecule has 0 bridgehead atoms. The molecule has 0 aliphatic rings. The molecular weight excluding hydrogens is 316 g/mol. The SMILES string of the molecule is O=[N+]([O-])c1ccccc1S(=O)(=O)NCCCCc1ccccc1. The van der Waals surface area contributed by atoms with Gasteiger partial charge in [0.05, 0.1) is 4.92 Å². The zero-order valence-electron chi connectivity index (χ0n) is 12.5. The first-order chi connectivity index (χ1) is 11.0. The first kappa shape index (κ1) is 17.1. The second-order valence-electron chi connectivity index (χ2n) is 5.07. The van der Waals surface area contributed by atoms with Crippen molar-refractivity contribution in [3.63, 3.8) is 0 Å². The Morgan fingerprint density at radius 1 is 0.957 bits per heavy atom. The first-order valence-electron chi connectivity index (χ1n) is 7.28. The maximum absolute atomic E-state index is 12.2. The minimum absolute atomic E-state index is 0.251. The third-order valence-corrected chi connectivity index (χ3v) is 4.89. The number of aryl methyl sites for hydroxylation is 1. The van der Waals surface area contributed by atoms with E-state index >= 15 is 0 Å². The number of nitrogens with zero attached hydrogens (tertiary/aromatic N) is 1. The highest BCUT2D eigenvalue weighted by molar-refractivity contribution is 7.89. The molecule has 0 atom stereocenters. The van der Waals surface area contributed by atoms with Crippen LogP contribution in [-0.4, -0.2) is 19.9 Å². The molecule has 23 heavy (non-hydrogen) atoms. The topological polar surface area (TPSA) is 89.3 Å². The number of nitro groups is 1. The summed E-state index contributed by atoms with van der Waals surface area (Å²) in [4.78, 5) is 9.93. The molecule has 2 rings (SSSR count). The fraction of sp³-hybridized carbons (Fsp3) is 0.250. The molecular formula is C16H18N2O4S. The number of benzene rings is 2. The molecule has 2 aromatic rings. The normalized spacial score (nSPS) is 11.3. The molecule has 0 spiro atoms. The van der Waals surface area contributed by atoms with Crippen LogP contribution in [0.15, 0.2) is 59.5 Å². The van der Waals surface area contributed by atoms with Crippen molar-refractivity contribution in [2.75, 3.05) is 6.54 Å². The van der Waals surface area contributed by atoms with Crippen molar-refractivity contribution in [1.82, 2.24) is 4.72 Å². The monoisotopic (exact) mass is 334 g/mol. The van der Waals surface area contributed by atoms with E-state index < -0.39 is 20.6 Å². The molecule has 0 aliphatic carbocycles. The maximum Gasteiger partial charge on any atom is 0.289 e. The van der Waals surface area contributed by atoms with E-state index in [1.54, 1.807) is 0 Å². The highest BCUT2D eigenvalue weighted by atomic mass is 32.2. The van der Waals surface area contributed by atoms with Gasteiger partial charge in [-0.3, -0.25) is 10.1 Å². The number of sulfonamides is 1. The minimum atomic E-state index is -3.87. The Balaban J connectivity index is 1.89. The van der Waals surface area contributed by atoms with Gasteiger partial charge in [0.2, 0.25) is 10.0 Å². The first-order valence-corrected chi connectivity index (χ1v) is 8.76. The van der Waals surface area contributed by atoms with E-state index in [2.05, 4.69) is 4.72 Å². The Morgan fingerprint density at radius 3 is 2.30 bits per heavy atom. The van der Waals surface area contributed by atoms with Crippen molar-refractivity contribution in [1.29, 1.82) is 0 Å². The van der Waals surface area contributed by atoms with Crippen LogP contribution in [0.5, 0.6) is 0 Å².